The largest absolute Gasteiger partial charge is 0.330 e. The molecule has 0 bridgehead atoms. The van der Waals surface area contributed by atoms with Crippen molar-refractivity contribution in [3.8, 4) is 0 Å². The standard InChI is InChI=1S/C15H16N4O/c16-10-12-11-19(15-13(12)4-3-6-17-15)9-8-18-7-2-1-5-14(18)20/h1-7,11H,8-10,16H2. The maximum absolute atomic E-state index is 11.7. The highest BCUT2D eigenvalue weighted by atomic mass is 16.1. The van der Waals surface area contributed by atoms with E-state index in [-0.39, 0.29) is 5.56 Å². The molecule has 102 valence electrons. The van der Waals surface area contributed by atoms with E-state index in [4.69, 9.17) is 5.73 Å². The Morgan fingerprint density at radius 2 is 1.95 bits per heavy atom. The number of aryl methyl sites for hydroxylation is 2. The zero-order chi connectivity index (χ0) is 13.9. The maximum atomic E-state index is 11.7. The third kappa shape index (κ3) is 2.23. The Hall–Kier alpha value is -2.40. The molecule has 3 aromatic rings. The monoisotopic (exact) mass is 268 g/mol. The summed E-state index contributed by atoms with van der Waals surface area (Å²) >= 11 is 0. The van der Waals surface area contributed by atoms with Crippen LogP contribution in [0.4, 0.5) is 0 Å². The van der Waals surface area contributed by atoms with Gasteiger partial charge in [-0.05, 0) is 23.8 Å². The van der Waals surface area contributed by atoms with Gasteiger partial charge in [0.2, 0.25) is 0 Å². The molecule has 0 saturated heterocycles. The van der Waals surface area contributed by atoms with E-state index in [1.807, 2.05) is 24.4 Å². The van der Waals surface area contributed by atoms with E-state index in [2.05, 4.69) is 9.55 Å². The van der Waals surface area contributed by atoms with E-state index >= 15 is 0 Å². The van der Waals surface area contributed by atoms with Crippen molar-refractivity contribution in [3.63, 3.8) is 0 Å². The summed E-state index contributed by atoms with van der Waals surface area (Å²) in [6.07, 6.45) is 5.59. The number of nitrogens with two attached hydrogens (primary N) is 1. The molecule has 0 fully saturated rings. The molecule has 0 unspecified atom stereocenters. The van der Waals surface area contributed by atoms with Crippen LogP contribution in [-0.4, -0.2) is 14.1 Å². The Bertz CT molecular complexity index is 788. The fraction of sp³-hybridized carbons (Fsp3) is 0.200. The van der Waals surface area contributed by atoms with Crippen molar-refractivity contribution in [2.45, 2.75) is 19.6 Å². The van der Waals surface area contributed by atoms with Crippen molar-refractivity contribution in [1.82, 2.24) is 14.1 Å². The molecule has 3 aromatic heterocycles. The Balaban J connectivity index is 1.92. The van der Waals surface area contributed by atoms with Crippen molar-refractivity contribution in [2.24, 2.45) is 5.73 Å². The van der Waals surface area contributed by atoms with E-state index in [0.29, 0.717) is 19.6 Å². The van der Waals surface area contributed by atoms with Gasteiger partial charge in [-0.1, -0.05) is 6.07 Å². The van der Waals surface area contributed by atoms with Crippen molar-refractivity contribution >= 4 is 11.0 Å². The predicted molar refractivity (Wildman–Crippen MR) is 78.3 cm³/mol. The molecule has 5 nitrogen and oxygen atoms in total. The van der Waals surface area contributed by atoms with Gasteiger partial charge in [0, 0.05) is 49.7 Å². The fourth-order valence-corrected chi connectivity index (χ4v) is 2.39. The number of pyridine rings is 2. The maximum Gasteiger partial charge on any atom is 0.250 e. The minimum absolute atomic E-state index is 0.0102. The smallest absolute Gasteiger partial charge is 0.250 e. The second-order valence-corrected chi connectivity index (χ2v) is 4.66. The molecular weight excluding hydrogens is 252 g/mol. The first kappa shape index (κ1) is 12.6. The van der Waals surface area contributed by atoms with Crippen molar-refractivity contribution < 1.29 is 0 Å². The second kappa shape index (κ2) is 5.30. The number of rotatable bonds is 4. The van der Waals surface area contributed by atoms with Crippen LogP contribution in [0.1, 0.15) is 5.56 Å². The molecule has 2 N–H and O–H groups in total. The highest BCUT2D eigenvalue weighted by molar-refractivity contribution is 5.80. The van der Waals surface area contributed by atoms with Crippen LogP contribution in [0.15, 0.2) is 53.7 Å². The summed E-state index contributed by atoms with van der Waals surface area (Å²) in [5.74, 6) is 0. The van der Waals surface area contributed by atoms with Crippen molar-refractivity contribution in [2.75, 3.05) is 0 Å². The lowest BCUT2D eigenvalue weighted by atomic mass is 10.2. The van der Waals surface area contributed by atoms with Crippen LogP contribution in [0.25, 0.3) is 11.0 Å². The Kier molecular flexibility index (Phi) is 3.35. The van der Waals surface area contributed by atoms with E-state index in [9.17, 15) is 4.79 Å². The van der Waals surface area contributed by atoms with Gasteiger partial charge in [-0.3, -0.25) is 4.79 Å². The van der Waals surface area contributed by atoms with Gasteiger partial charge in [-0.15, -0.1) is 0 Å². The second-order valence-electron chi connectivity index (χ2n) is 4.66. The van der Waals surface area contributed by atoms with E-state index in [0.717, 1.165) is 16.6 Å². The van der Waals surface area contributed by atoms with Crippen LogP contribution in [-0.2, 0) is 19.6 Å². The number of hydrogen-bond donors (Lipinski definition) is 1. The minimum atomic E-state index is 0.0102. The molecule has 0 saturated carbocycles. The van der Waals surface area contributed by atoms with Crippen LogP contribution < -0.4 is 11.3 Å². The lowest BCUT2D eigenvalue weighted by Gasteiger charge is -2.07. The average molecular weight is 268 g/mol. The molecule has 3 heterocycles. The predicted octanol–water partition coefficient (Wildman–Crippen LogP) is 1.36. The van der Waals surface area contributed by atoms with E-state index < -0.39 is 0 Å². The van der Waals surface area contributed by atoms with Gasteiger partial charge < -0.3 is 14.9 Å². The van der Waals surface area contributed by atoms with E-state index in [1.54, 1.807) is 29.1 Å². The molecule has 0 atom stereocenters. The lowest BCUT2D eigenvalue weighted by Crippen LogP contribution is -2.20. The molecule has 0 aliphatic rings. The molecular formula is C15H16N4O. The molecule has 0 aliphatic heterocycles. The Labute approximate surface area is 116 Å². The fourth-order valence-electron chi connectivity index (χ4n) is 2.39. The Morgan fingerprint density at radius 3 is 2.75 bits per heavy atom. The molecule has 0 aliphatic carbocycles. The molecule has 3 rings (SSSR count). The molecule has 0 spiro atoms. The minimum Gasteiger partial charge on any atom is -0.330 e. The zero-order valence-corrected chi connectivity index (χ0v) is 11.1. The molecule has 5 heteroatoms. The van der Waals surface area contributed by atoms with Crippen LogP contribution in [0, 0.1) is 0 Å². The SMILES string of the molecule is NCc1cn(CCn2ccccc2=O)c2ncccc12. The van der Waals surface area contributed by atoms with Crippen LogP contribution >= 0.6 is 0 Å². The summed E-state index contributed by atoms with van der Waals surface area (Å²) in [5, 5.41) is 1.08. The van der Waals surface area contributed by atoms with Gasteiger partial charge in [0.15, 0.2) is 0 Å². The summed E-state index contributed by atoms with van der Waals surface area (Å²) in [5.41, 5.74) is 7.77. The number of nitrogens with zero attached hydrogens (tertiary/aromatic N) is 3. The van der Waals surface area contributed by atoms with Gasteiger partial charge >= 0.3 is 0 Å². The first-order valence-electron chi connectivity index (χ1n) is 6.58. The molecule has 0 amide bonds. The normalized spacial score (nSPS) is 11.1. The van der Waals surface area contributed by atoms with Gasteiger partial charge in [0.05, 0.1) is 0 Å². The number of hydrogen-bond acceptors (Lipinski definition) is 3. The van der Waals surface area contributed by atoms with Crippen LogP contribution in [0.3, 0.4) is 0 Å². The quantitative estimate of drug-likeness (QED) is 0.777. The first-order chi connectivity index (χ1) is 9.79. The third-order valence-corrected chi connectivity index (χ3v) is 3.42. The molecule has 20 heavy (non-hydrogen) atoms. The lowest BCUT2D eigenvalue weighted by molar-refractivity contribution is 0.574. The van der Waals surface area contributed by atoms with Gasteiger partial charge in [0.25, 0.3) is 5.56 Å². The highest BCUT2D eigenvalue weighted by Crippen LogP contribution is 2.18. The summed E-state index contributed by atoms with van der Waals surface area (Å²) in [4.78, 5) is 16.1. The highest BCUT2D eigenvalue weighted by Gasteiger charge is 2.07. The van der Waals surface area contributed by atoms with Gasteiger partial charge in [-0.25, -0.2) is 4.98 Å². The van der Waals surface area contributed by atoms with Crippen LogP contribution in [0.5, 0.6) is 0 Å². The third-order valence-electron chi connectivity index (χ3n) is 3.42. The average Bonchev–Trinajstić information content (AvgIpc) is 2.85. The van der Waals surface area contributed by atoms with Crippen LogP contribution in [0.2, 0.25) is 0 Å². The first-order valence-corrected chi connectivity index (χ1v) is 6.58. The number of fused-ring (bicyclic) bond motifs is 1. The number of aromatic nitrogens is 3. The van der Waals surface area contributed by atoms with Crippen molar-refractivity contribution in [3.05, 3.63) is 64.8 Å². The van der Waals surface area contributed by atoms with E-state index in [1.165, 1.54) is 0 Å². The molecule has 0 radical (unpaired) electrons. The van der Waals surface area contributed by atoms with Gasteiger partial charge in [0.1, 0.15) is 5.65 Å². The summed E-state index contributed by atoms with van der Waals surface area (Å²) in [6, 6.07) is 9.11. The van der Waals surface area contributed by atoms with Crippen molar-refractivity contribution in [1.29, 1.82) is 0 Å². The molecule has 0 aromatic carbocycles. The summed E-state index contributed by atoms with van der Waals surface area (Å²) < 4.78 is 3.74. The Morgan fingerprint density at radius 1 is 1.10 bits per heavy atom. The summed E-state index contributed by atoms with van der Waals surface area (Å²) in [7, 11) is 0. The van der Waals surface area contributed by atoms with Gasteiger partial charge in [-0.2, -0.15) is 0 Å². The summed E-state index contributed by atoms with van der Waals surface area (Å²) in [6.45, 7) is 1.79. The zero-order valence-electron chi connectivity index (χ0n) is 11.1. The topological polar surface area (TPSA) is 65.8 Å².